The van der Waals surface area contributed by atoms with Gasteiger partial charge in [-0.15, -0.1) is 0 Å². The van der Waals surface area contributed by atoms with Gasteiger partial charge < -0.3 is 15.0 Å². The number of para-hydroxylation sites is 1. The van der Waals surface area contributed by atoms with Crippen molar-refractivity contribution in [2.75, 3.05) is 6.54 Å². The van der Waals surface area contributed by atoms with Crippen LogP contribution < -0.4 is 10.1 Å². The van der Waals surface area contributed by atoms with Crippen molar-refractivity contribution in [3.63, 3.8) is 0 Å². The van der Waals surface area contributed by atoms with Crippen LogP contribution in [0.25, 0.3) is 0 Å². The summed E-state index contributed by atoms with van der Waals surface area (Å²) >= 11 is 0. The highest BCUT2D eigenvalue weighted by Crippen LogP contribution is 2.23. The van der Waals surface area contributed by atoms with E-state index in [0.717, 1.165) is 5.56 Å². The number of hydrogen-bond donors (Lipinski definition) is 1. The highest BCUT2D eigenvalue weighted by molar-refractivity contribution is 5.89. The van der Waals surface area contributed by atoms with Crippen LogP contribution in [0.3, 0.4) is 0 Å². The van der Waals surface area contributed by atoms with Gasteiger partial charge in [0.15, 0.2) is 0 Å². The highest BCUT2D eigenvalue weighted by atomic mass is 16.5. The summed E-state index contributed by atoms with van der Waals surface area (Å²) in [6, 6.07) is 13.2. The molecule has 1 unspecified atom stereocenters. The molecular formula is C20H23N3O3. The van der Waals surface area contributed by atoms with Crippen molar-refractivity contribution in [2.24, 2.45) is 5.92 Å². The number of hydrogen-bond acceptors (Lipinski definition) is 4. The number of carbonyl (C=O) groups excluding carboxylic acids is 2. The number of likely N-dealkylation sites (tertiary alicyclic amines) is 1. The first-order valence-electron chi connectivity index (χ1n) is 8.78. The maximum absolute atomic E-state index is 12.5. The second-order valence-electron chi connectivity index (χ2n) is 6.64. The van der Waals surface area contributed by atoms with Crippen molar-refractivity contribution in [3.05, 3.63) is 54.2 Å². The van der Waals surface area contributed by atoms with E-state index in [1.807, 2.05) is 50.2 Å². The van der Waals surface area contributed by atoms with Crippen LogP contribution in [0.15, 0.2) is 48.7 Å². The van der Waals surface area contributed by atoms with Crippen molar-refractivity contribution < 1.29 is 14.3 Å². The van der Waals surface area contributed by atoms with Crippen LogP contribution in [0.1, 0.15) is 25.8 Å². The van der Waals surface area contributed by atoms with Crippen molar-refractivity contribution >= 4 is 11.8 Å². The van der Waals surface area contributed by atoms with Gasteiger partial charge in [-0.25, -0.2) is 4.98 Å². The number of carbonyl (C=O) groups is 2. The van der Waals surface area contributed by atoms with Crippen LogP contribution in [0.2, 0.25) is 0 Å². The lowest BCUT2D eigenvalue weighted by molar-refractivity contribution is -0.130. The maximum Gasteiger partial charge on any atom is 0.225 e. The second kappa shape index (κ2) is 7.99. The fraction of sp³-hybridized carbons (Fsp3) is 0.350. The van der Waals surface area contributed by atoms with Crippen LogP contribution in [0.4, 0.5) is 0 Å². The summed E-state index contributed by atoms with van der Waals surface area (Å²) in [4.78, 5) is 30.4. The minimum absolute atomic E-state index is 0.0367. The average molecular weight is 353 g/mol. The Kier molecular flexibility index (Phi) is 5.51. The SMILES string of the molecule is CC(C)N1CC(C(=O)NCc2cccnc2Oc2ccccc2)CC1=O. The second-order valence-corrected chi connectivity index (χ2v) is 6.64. The predicted octanol–water partition coefficient (Wildman–Crippen LogP) is 2.75. The first-order valence-corrected chi connectivity index (χ1v) is 8.78. The van der Waals surface area contributed by atoms with E-state index in [-0.39, 0.29) is 30.2 Å². The molecule has 1 aromatic carbocycles. The van der Waals surface area contributed by atoms with Gasteiger partial charge in [0.25, 0.3) is 0 Å². The van der Waals surface area contributed by atoms with Crippen molar-refractivity contribution in [2.45, 2.75) is 32.9 Å². The van der Waals surface area contributed by atoms with E-state index in [2.05, 4.69) is 10.3 Å². The normalized spacial score (nSPS) is 16.8. The maximum atomic E-state index is 12.5. The molecule has 1 N–H and O–H groups in total. The van der Waals surface area contributed by atoms with E-state index in [0.29, 0.717) is 24.7 Å². The fourth-order valence-corrected chi connectivity index (χ4v) is 2.98. The van der Waals surface area contributed by atoms with Gasteiger partial charge >= 0.3 is 0 Å². The molecule has 1 aliphatic rings. The molecule has 0 bridgehead atoms. The van der Waals surface area contributed by atoms with Crippen LogP contribution in [-0.2, 0) is 16.1 Å². The van der Waals surface area contributed by atoms with E-state index in [4.69, 9.17) is 4.74 Å². The molecule has 26 heavy (non-hydrogen) atoms. The molecule has 2 amide bonds. The van der Waals surface area contributed by atoms with Gasteiger partial charge in [0, 0.05) is 37.3 Å². The molecule has 2 heterocycles. The Labute approximate surface area is 153 Å². The van der Waals surface area contributed by atoms with Crippen LogP contribution >= 0.6 is 0 Å². The molecule has 0 saturated carbocycles. The number of nitrogens with zero attached hydrogens (tertiary/aromatic N) is 2. The Morgan fingerprint density at radius 2 is 2.04 bits per heavy atom. The van der Waals surface area contributed by atoms with Crippen molar-refractivity contribution in [1.29, 1.82) is 0 Å². The zero-order valence-electron chi connectivity index (χ0n) is 15.0. The molecule has 0 spiro atoms. The Morgan fingerprint density at radius 3 is 2.73 bits per heavy atom. The number of rotatable bonds is 6. The summed E-state index contributed by atoms with van der Waals surface area (Å²) in [7, 11) is 0. The summed E-state index contributed by atoms with van der Waals surface area (Å²) < 4.78 is 5.81. The minimum atomic E-state index is -0.305. The van der Waals surface area contributed by atoms with Gasteiger partial charge in [0.2, 0.25) is 17.7 Å². The van der Waals surface area contributed by atoms with Crippen LogP contribution in [0, 0.1) is 5.92 Å². The third-order valence-electron chi connectivity index (χ3n) is 4.41. The smallest absolute Gasteiger partial charge is 0.225 e. The predicted molar refractivity (Wildman–Crippen MR) is 97.6 cm³/mol. The Hall–Kier alpha value is -2.89. The standard InChI is InChI=1S/C20H23N3O3/c1-14(2)23-13-16(11-18(23)24)19(25)22-12-15-7-6-10-21-20(15)26-17-8-4-3-5-9-17/h3-10,14,16H,11-13H2,1-2H3,(H,22,25). The summed E-state index contributed by atoms with van der Waals surface area (Å²) in [5, 5.41) is 2.91. The topological polar surface area (TPSA) is 71.5 Å². The summed E-state index contributed by atoms with van der Waals surface area (Å²) in [6.45, 7) is 4.70. The van der Waals surface area contributed by atoms with Gasteiger partial charge in [-0.3, -0.25) is 9.59 Å². The van der Waals surface area contributed by atoms with Crippen molar-refractivity contribution in [1.82, 2.24) is 15.2 Å². The Morgan fingerprint density at radius 1 is 1.27 bits per heavy atom. The number of amides is 2. The molecule has 0 aliphatic carbocycles. The van der Waals surface area contributed by atoms with Crippen molar-refractivity contribution in [3.8, 4) is 11.6 Å². The first-order chi connectivity index (χ1) is 12.5. The number of nitrogens with one attached hydrogen (secondary N) is 1. The van der Waals surface area contributed by atoms with E-state index in [1.165, 1.54) is 0 Å². The molecule has 1 saturated heterocycles. The Balaban J connectivity index is 1.62. The van der Waals surface area contributed by atoms with Crippen LogP contribution in [0.5, 0.6) is 11.6 Å². The third-order valence-corrected chi connectivity index (χ3v) is 4.41. The quantitative estimate of drug-likeness (QED) is 0.867. The average Bonchev–Trinajstić information content (AvgIpc) is 3.04. The van der Waals surface area contributed by atoms with E-state index in [1.54, 1.807) is 17.2 Å². The monoisotopic (exact) mass is 353 g/mol. The largest absolute Gasteiger partial charge is 0.439 e. The van der Waals surface area contributed by atoms with E-state index < -0.39 is 0 Å². The van der Waals surface area contributed by atoms with Gasteiger partial charge in [0.1, 0.15) is 5.75 Å². The van der Waals surface area contributed by atoms with E-state index in [9.17, 15) is 9.59 Å². The molecule has 2 aromatic rings. The molecule has 3 rings (SSSR count). The van der Waals surface area contributed by atoms with Gasteiger partial charge in [-0.2, -0.15) is 0 Å². The summed E-state index contributed by atoms with van der Waals surface area (Å²) in [5.41, 5.74) is 0.787. The molecule has 1 aliphatic heterocycles. The third kappa shape index (κ3) is 4.20. The van der Waals surface area contributed by atoms with E-state index >= 15 is 0 Å². The molecular weight excluding hydrogens is 330 g/mol. The van der Waals surface area contributed by atoms with Gasteiger partial charge in [-0.1, -0.05) is 24.3 Å². The van der Waals surface area contributed by atoms with Gasteiger partial charge in [-0.05, 0) is 32.0 Å². The lowest BCUT2D eigenvalue weighted by atomic mass is 10.1. The highest BCUT2D eigenvalue weighted by Gasteiger charge is 2.35. The molecule has 1 aromatic heterocycles. The molecule has 1 fully saturated rings. The zero-order chi connectivity index (χ0) is 18.5. The first kappa shape index (κ1) is 17.9. The Bertz CT molecular complexity index is 777. The lowest BCUT2D eigenvalue weighted by Gasteiger charge is -2.20. The number of ether oxygens (including phenoxy) is 1. The summed E-state index contributed by atoms with van der Waals surface area (Å²) in [6.07, 6.45) is 1.92. The minimum Gasteiger partial charge on any atom is -0.439 e. The van der Waals surface area contributed by atoms with Crippen LogP contribution in [-0.4, -0.2) is 34.3 Å². The molecule has 6 heteroatoms. The molecule has 6 nitrogen and oxygen atoms in total. The van der Waals surface area contributed by atoms with Gasteiger partial charge in [0.05, 0.1) is 5.92 Å². The summed E-state index contributed by atoms with van der Waals surface area (Å²) in [5.74, 6) is 0.767. The number of aromatic nitrogens is 1. The zero-order valence-corrected chi connectivity index (χ0v) is 15.0. The molecule has 136 valence electrons. The lowest BCUT2D eigenvalue weighted by Crippen LogP contribution is -2.35. The number of benzene rings is 1. The molecule has 1 atom stereocenters. The fourth-order valence-electron chi connectivity index (χ4n) is 2.98. The molecule has 0 radical (unpaired) electrons. The number of pyridine rings is 1.